The van der Waals surface area contributed by atoms with Crippen molar-refractivity contribution in [1.29, 1.82) is 0 Å². The highest BCUT2D eigenvalue weighted by molar-refractivity contribution is 5.81. The van der Waals surface area contributed by atoms with Crippen LogP contribution in [-0.4, -0.2) is 10.2 Å². The monoisotopic (exact) mass is 292 g/mol. The lowest BCUT2D eigenvalue weighted by Gasteiger charge is -2.08. The van der Waals surface area contributed by atoms with Gasteiger partial charge in [0.1, 0.15) is 0 Å². The molecule has 2 N–H and O–H groups in total. The summed E-state index contributed by atoms with van der Waals surface area (Å²) in [6.07, 6.45) is 0. The molecule has 1 aromatic heterocycles. The van der Waals surface area contributed by atoms with Crippen molar-refractivity contribution in [3.8, 4) is 22.4 Å². The van der Waals surface area contributed by atoms with E-state index in [-0.39, 0.29) is 5.56 Å². The van der Waals surface area contributed by atoms with E-state index in [4.69, 9.17) is 0 Å². The normalized spacial score (nSPS) is 10.9. The molecule has 3 rings (SSSR count). The van der Waals surface area contributed by atoms with Crippen LogP contribution in [0.2, 0.25) is 0 Å². The number of rotatable bonds is 2. The number of nitrogens with one attached hydrogen (secondary N) is 2. The standard InChI is InChI=1S/C19H20N2O/c1-11-5-7-15(9-13(11)3)17-18(20-21-19(17)22)16-8-6-12(2)14(4)10-16/h5-10H,1-4H3,(H2,20,21,22). The molecule has 1 heterocycles. The summed E-state index contributed by atoms with van der Waals surface area (Å²) in [4.78, 5) is 12.3. The molecule has 0 aliphatic heterocycles. The van der Waals surface area contributed by atoms with Crippen LogP contribution in [0.5, 0.6) is 0 Å². The number of H-pyrrole nitrogens is 2. The van der Waals surface area contributed by atoms with E-state index < -0.39 is 0 Å². The van der Waals surface area contributed by atoms with Crippen molar-refractivity contribution in [2.24, 2.45) is 0 Å². The molecule has 3 heteroatoms. The zero-order valence-corrected chi connectivity index (χ0v) is 13.4. The van der Waals surface area contributed by atoms with Crippen molar-refractivity contribution in [3.63, 3.8) is 0 Å². The lowest BCUT2D eigenvalue weighted by atomic mass is 9.96. The smallest absolute Gasteiger partial charge is 0.272 e. The van der Waals surface area contributed by atoms with Crippen molar-refractivity contribution in [1.82, 2.24) is 10.2 Å². The minimum absolute atomic E-state index is 0.0866. The average Bonchev–Trinajstić information content (AvgIpc) is 2.87. The maximum atomic E-state index is 12.3. The van der Waals surface area contributed by atoms with E-state index in [1.165, 1.54) is 22.3 Å². The van der Waals surface area contributed by atoms with E-state index in [2.05, 4.69) is 62.2 Å². The molecule has 3 aromatic rings. The molecule has 0 bridgehead atoms. The Bertz CT molecular complexity index is 900. The third-order valence-corrected chi connectivity index (χ3v) is 4.37. The number of aryl methyl sites for hydroxylation is 4. The molecule has 0 aliphatic carbocycles. The van der Waals surface area contributed by atoms with Crippen LogP contribution in [-0.2, 0) is 0 Å². The second-order valence-electron chi connectivity index (χ2n) is 5.93. The molecule has 0 saturated heterocycles. The van der Waals surface area contributed by atoms with Crippen LogP contribution in [0.4, 0.5) is 0 Å². The summed E-state index contributed by atoms with van der Waals surface area (Å²) in [5.74, 6) is 0. The van der Waals surface area contributed by atoms with Gasteiger partial charge in [-0.05, 0) is 61.6 Å². The number of benzene rings is 2. The fraction of sp³-hybridized carbons (Fsp3) is 0.211. The fourth-order valence-electron chi connectivity index (χ4n) is 2.64. The quantitative estimate of drug-likeness (QED) is 0.728. The molecule has 0 amide bonds. The highest BCUT2D eigenvalue weighted by atomic mass is 16.1. The highest BCUT2D eigenvalue weighted by Gasteiger charge is 2.15. The van der Waals surface area contributed by atoms with Gasteiger partial charge >= 0.3 is 0 Å². The summed E-state index contributed by atoms with van der Waals surface area (Å²) < 4.78 is 0. The minimum atomic E-state index is -0.0866. The lowest BCUT2D eigenvalue weighted by Crippen LogP contribution is -2.02. The van der Waals surface area contributed by atoms with Crippen LogP contribution in [0.3, 0.4) is 0 Å². The van der Waals surface area contributed by atoms with Gasteiger partial charge in [0.05, 0.1) is 11.3 Å². The summed E-state index contributed by atoms with van der Waals surface area (Å²) in [6, 6.07) is 12.4. The summed E-state index contributed by atoms with van der Waals surface area (Å²) in [7, 11) is 0. The zero-order valence-electron chi connectivity index (χ0n) is 13.4. The van der Waals surface area contributed by atoms with Gasteiger partial charge in [-0.2, -0.15) is 0 Å². The van der Waals surface area contributed by atoms with Crippen LogP contribution in [0.25, 0.3) is 22.4 Å². The lowest BCUT2D eigenvalue weighted by molar-refractivity contribution is 1.06. The van der Waals surface area contributed by atoms with Gasteiger partial charge < -0.3 is 0 Å². The van der Waals surface area contributed by atoms with Gasteiger partial charge in [-0.1, -0.05) is 30.3 Å². The maximum absolute atomic E-state index is 12.3. The van der Waals surface area contributed by atoms with Crippen LogP contribution in [0.1, 0.15) is 22.3 Å². The SMILES string of the molecule is Cc1ccc(-c2[nH][nH]c(=O)c2-c2ccc(C)c(C)c2)cc1C. The first-order valence-corrected chi connectivity index (χ1v) is 7.43. The minimum Gasteiger partial charge on any atom is -0.297 e. The van der Waals surface area contributed by atoms with Crippen LogP contribution >= 0.6 is 0 Å². The van der Waals surface area contributed by atoms with Gasteiger partial charge in [0.2, 0.25) is 0 Å². The summed E-state index contributed by atoms with van der Waals surface area (Å²) in [5, 5.41) is 5.75. The third kappa shape index (κ3) is 2.39. The Morgan fingerprint density at radius 1 is 0.682 bits per heavy atom. The van der Waals surface area contributed by atoms with Crippen molar-refractivity contribution >= 4 is 0 Å². The van der Waals surface area contributed by atoms with Crippen molar-refractivity contribution in [3.05, 3.63) is 69.0 Å². The Balaban J connectivity index is 2.21. The molecule has 3 nitrogen and oxygen atoms in total. The number of hydrogen-bond acceptors (Lipinski definition) is 1. The van der Waals surface area contributed by atoms with Gasteiger partial charge in [-0.15, -0.1) is 0 Å². The second-order valence-corrected chi connectivity index (χ2v) is 5.93. The topological polar surface area (TPSA) is 48.6 Å². The Labute approximate surface area is 130 Å². The summed E-state index contributed by atoms with van der Waals surface area (Å²) in [6.45, 7) is 8.31. The first kappa shape index (κ1) is 14.4. The van der Waals surface area contributed by atoms with Crippen LogP contribution in [0, 0.1) is 27.7 Å². The predicted molar refractivity (Wildman–Crippen MR) is 91.2 cm³/mol. The molecule has 0 saturated carbocycles. The fourth-order valence-corrected chi connectivity index (χ4v) is 2.64. The zero-order chi connectivity index (χ0) is 15.9. The Kier molecular flexibility index (Phi) is 3.49. The van der Waals surface area contributed by atoms with Gasteiger partial charge in [0.15, 0.2) is 0 Å². The Hall–Kier alpha value is -2.55. The van der Waals surface area contributed by atoms with Crippen LogP contribution in [0.15, 0.2) is 41.2 Å². The molecule has 0 spiro atoms. The van der Waals surface area contributed by atoms with Gasteiger partial charge in [0, 0.05) is 5.56 Å². The van der Waals surface area contributed by atoms with Crippen molar-refractivity contribution in [2.45, 2.75) is 27.7 Å². The van der Waals surface area contributed by atoms with Gasteiger partial charge in [0.25, 0.3) is 5.56 Å². The van der Waals surface area contributed by atoms with E-state index in [0.717, 1.165) is 16.8 Å². The Morgan fingerprint density at radius 2 is 1.23 bits per heavy atom. The van der Waals surface area contributed by atoms with E-state index in [0.29, 0.717) is 5.56 Å². The predicted octanol–water partition coefficient (Wildman–Crippen LogP) is 4.27. The van der Waals surface area contributed by atoms with Crippen LogP contribution < -0.4 is 5.56 Å². The Morgan fingerprint density at radius 3 is 1.82 bits per heavy atom. The third-order valence-electron chi connectivity index (χ3n) is 4.37. The molecule has 112 valence electrons. The highest BCUT2D eigenvalue weighted by Crippen LogP contribution is 2.29. The molecule has 2 aromatic carbocycles. The molecular formula is C19H20N2O. The second kappa shape index (κ2) is 5.34. The number of aromatic amines is 2. The molecule has 22 heavy (non-hydrogen) atoms. The van der Waals surface area contributed by atoms with Crippen molar-refractivity contribution < 1.29 is 0 Å². The number of aromatic nitrogens is 2. The summed E-state index contributed by atoms with van der Waals surface area (Å²) in [5.41, 5.74) is 8.29. The number of hydrogen-bond donors (Lipinski definition) is 2. The molecule has 0 unspecified atom stereocenters. The van der Waals surface area contributed by atoms with Crippen molar-refractivity contribution in [2.75, 3.05) is 0 Å². The first-order chi connectivity index (χ1) is 10.5. The van der Waals surface area contributed by atoms with E-state index in [1.807, 2.05) is 12.1 Å². The molecule has 0 atom stereocenters. The largest absolute Gasteiger partial charge is 0.297 e. The molecule has 0 fully saturated rings. The molecular weight excluding hydrogens is 272 g/mol. The van der Waals surface area contributed by atoms with E-state index in [1.54, 1.807) is 0 Å². The molecule has 0 radical (unpaired) electrons. The summed E-state index contributed by atoms with van der Waals surface area (Å²) >= 11 is 0. The average molecular weight is 292 g/mol. The maximum Gasteiger partial charge on any atom is 0.272 e. The molecule has 0 aliphatic rings. The van der Waals surface area contributed by atoms with Gasteiger partial charge in [-0.25, -0.2) is 0 Å². The van der Waals surface area contributed by atoms with E-state index in [9.17, 15) is 4.79 Å². The first-order valence-electron chi connectivity index (χ1n) is 7.43. The van der Waals surface area contributed by atoms with E-state index >= 15 is 0 Å². The van der Waals surface area contributed by atoms with Gasteiger partial charge in [-0.3, -0.25) is 15.0 Å².